The van der Waals surface area contributed by atoms with Crippen molar-refractivity contribution < 1.29 is 29.7 Å². The molecule has 1 atom stereocenters. The number of aliphatic carboxylic acids is 3. The lowest BCUT2D eigenvalue weighted by molar-refractivity contribution is -0.140. The third-order valence-corrected chi connectivity index (χ3v) is 6.27. The van der Waals surface area contributed by atoms with Crippen molar-refractivity contribution >= 4 is 40.8 Å². The first-order valence-electron chi connectivity index (χ1n) is 11.3. The van der Waals surface area contributed by atoms with Crippen molar-refractivity contribution in [1.82, 2.24) is 14.7 Å². The largest absolute Gasteiger partial charge is 0.480 e. The maximum Gasteiger partial charge on any atom is 0.317 e. The number of hydrogen-bond acceptors (Lipinski definition) is 7. The molecule has 0 amide bonds. The van der Waals surface area contributed by atoms with Crippen molar-refractivity contribution in [2.75, 3.05) is 57.7 Å². The summed E-state index contributed by atoms with van der Waals surface area (Å²) in [5.41, 5.74) is 1.86. The van der Waals surface area contributed by atoms with Gasteiger partial charge in [0.25, 0.3) is 0 Å². The Morgan fingerprint density at radius 3 is 2.00 bits per heavy atom. The zero-order chi connectivity index (χ0) is 25.3. The van der Waals surface area contributed by atoms with Crippen LogP contribution in [-0.2, 0) is 20.8 Å². The summed E-state index contributed by atoms with van der Waals surface area (Å²) in [6.07, 6.45) is 0.525. The number of hydrogen-bond donors (Lipinski definition) is 4. The Hall–Kier alpha value is -2.60. The molecule has 0 bridgehead atoms. The number of carboxylic acids is 3. The minimum atomic E-state index is -0.986. The molecular formula is C23H34N4O6S. The minimum Gasteiger partial charge on any atom is -0.480 e. The van der Waals surface area contributed by atoms with Gasteiger partial charge in [0.1, 0.15) is 0 Å². The molecule has 1 saturated heterocycles. The fourth-order valence-corrected chi connectivity index (χ4v) is 4.01. The van der Waals surface area contributed by atoms with Crippen LogP contribution < -0.4 is 5.32 Å². The molecule has 1 aromatic rings. The van der Waals surface area contributed by atoms with E-state index in [-0.39, 0.29) is 31.6 Å². The van der Waals surface area contributed by atoms with E-state index < -0.39 is 17.9 Å². The molecule has 0 aliphatic carbocycles. The molecule has 1 fully saturated rings. The van der Waals surface area contributed by atoms with Gasteiger partial charge in [-0.1, -0.05) is 38.2 Å². The maximum atomic E-state index is 11.6. The first-order chi connectivity index (χ1) is 16.0. The zero-order valence-electron chi connectivity index (χ0n) is 19.6. The molecule has 1 aliphatic rings. The van der Waals surface area contributed by atoms with Crippen molar-refractivity contribution in [3.63, 3.8) is 0 Å². The van der Waals surface area contributed by atoms with E-state index in [1.807, 2.05) is 38.1 Å². The van der Waals surface area contributed by atoms with Crippen molar-refractivity contribution in [3.05, 3.63) is 29.8 Å². The van der Waals surface area contributed by atoms with Crippen molar-refractivity contribution in [3.8, 4) is 0 Å². The Bertz CT molecular complexity index is 864. The minimum absolute atomic E-state index is 0.181. The number of nitrogens with zero attached hydrogens (tertiary/aromatic N) is 3. The molecule has 0 aromatic heterocycles. The summed E-state index contributed by atoms with van der Waals surface area (Å²) in [7, 11) is 0. The number of thiocarbonyl (C=S) groups is 1. The Balaban J connectivity index is 2.24. The van der Waals surface area contributed by atoms with Crippen molar-refractivity contribution in [2.24, 2.45) is 5.92 Å². The van der Waals surface area contributed by atoms with Crippen molar-refractivity contribution in [1.29, 1.82) is 0 Å². The predicted molar refractivity (Wildman–Crippen MR) is 132 cm³/mol. The molecule has 1 aromatic carbocycles. The van der Waals surface area contributed by atoms with Gasteiger partial charge in [-0.05, 0) is 24.1 Å². The van der Waals surface area contributed by atoms with Gasteiger partial charge >= 0.3 is 17.9 Å². The smallest absolute Gasteiger partial charge is 0.317 e. The second kappa shape index (κ2) is 13.3. The van der Waals surface area contributed by atoms with E-state index in [2.05, 4.69) is 5.32 Å². The van der Waals surface area contributed by atoms with E-state index in [4.69, 9.17) is 12.2 Å². The highest BCUT2D eigenvalue weighted by Crippen LogP contribution is 2.17. The van der Waals surface area contributed by atoms with E-state index in [0.29, 0.717) is 39.1 Å². The Morgan fingerprint density at radius 1 is 0.912 bits per heavy atom. The first kappa shape index (κ1) is 27.6. The number of carboxylic acid groups (broad SMARTS) is 3. The number of rotatable bonds is 10. The standard InChI is InChI=1S/C23H34N4O6S/c1-16(2)23(34)24-18-5-3-17(4-6-18)11-19-12-26(14-21(30)31)8-7-25(13-20(28)29)9-10-27(19)15-22(32)33/h3-6,16,19H,7-15H2,1-2H3,(H,24,34)(H,28,29)(H,30,31)(H,32,33). The molecule has 2 rings (SSSR count). The molecular weight excluding hydrogens is 460 g/mol. The van der Waals surface area contributed by atoms with Gasteiger partial charge in [-0.15, -0.1) is 0 Å². The van der Waals surface area contributed by atoms with Crippen LogP contribution >= 0.6 is 12.2 Å². The summed E-state index contributed by atoms with van der Waals surface area (Å²) in [5.74, 6) is -2.72. The molecule has 0 radical (unpaired) electrons. The highest BCUT2D eigenvalue weighted by Gasteiger charge is 2.27. The molecule has 0 saturated carbocycles. The maximum absolute atomic E-state index is 11.6. The number of carbonyl (C=O) groups is 3. The average molecular weight is 495 g/mol. The molecule has 4 N–H and O–H groups in total. The van der Waals surface area contributed by atoms with Crippen LogP contribution in [0.1, 0.15) is 19.4 Å². The fraction of sp³-hybridized carbons (Fsp3) is 0.565. The monoisotopic (exact) mass is 494 g/mol. The first-order valence-corrected chi connectivity index (χ1v) is 11.7. The van der Waals surface area contributed by atoms with Gasteiger partial charge in [-0.3, -0.25) is 29.1 Å². The molecule has 1 aliphatic heterocycles. The van der Waals surface area contributed by atoms with Crippen molar-refractivity contribution in [2.45, 2.75) is 26.3 Å². The van der Waals surface area contributed by atoms with Crippen LogP contribution in [0.25, 0.3) is 0 Å². The van der Waals surface area contributed by atoms with E-state index in [1.54, 1.807) is 14.7 Å². The summed E-state index contributed by atoms with van der Waals surface area (Å²) in [6, 6.07) is 7.49. The van der Waals surface area contributed by atoms with Gasteiger partial charge in [0.2, 0.25) is 0 Å². The van der Waals surface area contributed by atoms with Crippen LogP contribution in [-0.4, -0.2) is 111 Å². The van der Waals surface area contributed by atoms with Gasteiger partial charge in [-0.2, -0.15) is 0 Å². The number of benzene rings is 1. The number of anilines is 1. The molecule has 1 heterocycles. The molecule has 0 spiro atoms. The summed E-state index contributed by atoms with van der Waals surface area (Å²) in [5, 5.41) is 31.3. The number of nitrogens with one attached hydrogen (secondary N) is 1. The van der Waals surface area contributed by atoms with E-state index in [1.165, 1.54) is 0 Å². The zero-order valence-corrected chi connectivity index (χ0v) is 20.5. The molecule has 188 valence electrons. The van der Waals surface area contributed by atoms with E-state index in [0.717, 1.165) is 16.2 Å². The quantitative estimate of drug-likeness (QED) is 0.349. The van der Waals surface area contributed by atoms with E-state index in [9.17, 15) is 29.7 Å². The highest BCUT2D eigenvalue weighted by atomic mass is 32.1. The molecule has 10 nitrogen and oxygen atoms in total. The highest BCUT2D eigenvalue weighted by molar-refractivity contribution is 7.80. The third-order valence-electron chi connectivity index (χ3n) is 5.69. The Labute approximate surface area is 205 Å². The average Bonchev–Trinajstić information content (AvgIpc) is 2.80. The van der Waals surface area contributed by atoms with Crippen LogP contribution in [0.4, 0.5) is 5.69 Å². The summed E-state index contributed by atoms with van der Waals surface area (Å²) in [4.78, 5) is 40.3. The summed E-state index contributed by atoms with van der Waals surface area (Å²) >= 11 is 5.34. The Kier molecular flexibility index (Phi) is 10.8. The summed E-state index contributed by atoms with van der Waals surface area (Å²) in [6.45, 7) is 5.31. The lowest BCUT2D eigenvalue weighted by atomic mass is 10.0. The van der Waals surface area contributed by atoms with Crippen LogP contribution in [0.5, 0.6) is 0 Å². The Morgan fingerprint density at radius 2 is 1.44 bits per heavy atom. The topological polar surface area (TPSA) is 134 Å². The van der Waals surface area contributed by atoms with Crippen LogP contribution in [0.3, 0.4) is 0 Å². The third kappa shape index (κ3) is 9.72. The predicted octanol–water partition coefficient (Wildman–Crippen LogP) is 1.17. The molecule has 11 heteroatoms. The fourth-order valence-electron chi connectivity index (χ4n) is 3.89. The van der Waals surface area contributed by atoms with Gasteiger partial charge in [-0.25, -0.2) is 0 Å². The second-order valence-electron chi connectivity index (χ2n) is 8.86. The van der Waals surface area contributed by atoms with E-state index >= 15 is 0 Å². The van der Waals surface area contributed by atoms with Gasteiger partial charge in [0, 0.05) is 50.4 Å². The molecule has 34 heavy (non-hydrogen) atoms. The second-order valence-corrected chi connectivity index (χ2v) is 9.30. The van der Waals surface area contributed by atoms with Gasteiger partial charge < -0.3 is 20.6 Å². The SMILES string of the molecule is CC(C)C(=S)Nc1ccc(CC2CN(CC(=O)O)CCN(CC(=O)O)CCN2CC(=O)O)cc1. The summed E-state index contributed by atoms with van der Waals surface area (Å²) < 4.78 is 0. The van der Waals surface area contributed by atoms with Crippen LogP contribution in [0, 0.1) is 5.92 Å². The normalized spacial score (nSPS) is 18.6. The van der Waals surface area contributed by atoms with Gasteiger partial charge in [0.05, 0.1) is 24.6 Å². The van der Waals surface area contributed by atoms with Crippen LogP contribution in [0.15, 0.2) is 24.3 Å². The van der Waals surface area contributed by atoms with Crippen LogP contribution in [0.2, 0.25) is 0 Å². The molecule has 1 unspecified atom stereocenters. The lowest BCUT2D eigenvalue weighted by Gasteiger charge is -2.33. The van der Waals surface area contributed by atoms with Gasteiger partial charge in [0.15, 0.2) is 0 Å². The lowest BCUT2D eigenvalue weighted by Crippen LogP contribution is -2.49.